The minimum Gasteiger partial charge on any atom is -0.497 e. The molecule has 0 bridgehead atoms. The van der Waals surface area contributed by atoms with Crippen molar-refractivity contribution < 1.29 is 14.3 Å². The summed E-state index contributed by atoms with van der Waals surface area (Å²) in [5.41, 5.74) is 1.46. The van der Waals surface area contributed by atoms with Gasteiger partial charge >= 0.3 is 0 Å². The zero-order valence-electron chi connectivity index (χ0n) is 19.1. The first-order chi connectivity index (χ1) is 15.4. The van der Waals surface area contributed by atoms with Crippen LogP contribution in [0.25, 0.3) is 10.6 Å². The molecule has 0 aliphatic carbocycles. The van der Waals surface area contributed by atoms with E-state index in [1.165, 1.54) is 17.8 Å². The Morgan fingerprint density at radius 2 is 1.69 bits per heavy atom. The summed E-state index contributed by atoms with van der Waals surface area (Å²) in [5, 5.41) is 2.65. The van der Waals surface area contributed by atoms with Crippen molar-refractivity contribution in [1.29, 1.82) is 0 Å². The largest absolute Gasteiger partial charge is 0.497 e. The van der Waals surface area contributed by atoms with Crippen LogP contribution in [0.5, 0.6) is 5.75 Å². The van der Waals surface area contributed by atoms with Gasteiger partial charge in [0.05, 0.1) is 13.7 Å². The number of methoxy groups -OCH3 is 1. The highest BCUT2D eigenvalue weighted by atomic mass is 32.1. The van der Waals surface area contributed by atoms with E-state index in [0.717, 1.165) is 29.4 Å². The van der Waals surface area contributed by atoms with Crippen LogP contribution < -0.4 is 4.74 Å². The lowest BCUT2D eigenvalue weighted by atomic mass is 9.92. The number of carbonyl (C=O) groups is 2. The summed E-state index contributed by atoms with van der Waals surface area (Å²) in [4.78, 5) is 36.3. The van der Waals surface area contributed by atoms with Crippen LogP contribution in [0.4, 0.5) is 0 Å². The lowest BCUT2D eigenvalue weighted by Gasteiger charge is -2.38. The normalized spacial score (nSPS) is 22.1. The molecule has 2 fully saturated rings. The molecule has 1 aromatic carbocycles. The van der Waals surface area contributed by atoms with E-state index < -0.39 is 0 Å². The Balaban J connectivity index is 1.29. The zero-order valence-corrected chi connectivity index (χ0v) is 19.9. The Hall–Kier alpha value is -2.45. The van der Waals surface area contributed by atoms with Gasteiger partial charge in [-0.05, 0) is 42.5 Å². The Kier molecular flexibility index (Phi) is 7.10. The van der Waals surface area contributed by atoms with Crippen LogP contribution in [0.15, 0.2) is 29.6 Å². The summed E-state index contributed by atoms with van der Waals surface area (Å²) >= 11 is 1.47. The summed E-state index contributed by atoms with van der Waals surface area (Å²) in [7, 11) is 1.64. The topological polar surface area (TPSA) is 66.0 Å². The van der Waals surface area contributed by atoms with Crippen molar-refractivity contribution in [2.24, 2.45) is 11.8 Å². The minimum atomic E-state index is -0.0364. The summed E-state index contributed by atoms with van der Waals surface area (Å²) in [6.45, 7) is 9.28. The third kappa shape index (κ3) is 5.30. The molecule has 2 saturated heterocycles. The van der Waals surface area contributed by atoms with E-state index in [2.05, 4.69) is 23.7 Å². The number of hydrogen-bond donors (Lipinski definition) is 0. The molecule has 0 spiro atoms. The molecule has 2 unspecified atom stereocenters. The highest BCUT2D eigenvalue weighted by molar-refractivity contribution is 7.13. The predicted octanol–water partition coefficient (Wildman–Crippen LogP) is 3.08. The SMILES string of the molecule is COc1ccc(-c2nc(C(=O)N3CCN(CC(=O)N4CC(C)CC(C)C4)CC3)cs2)cc1. The quantitative estimate of drug-likeness (QED) is 0.692. The molecule has 2 amide bonds. The molecule has 2 aliphatic rings. The van der Waals surface area contributed by atoms with Crippen LogP contribution in [0.1, 0.15) is 30.8 Å². The number of thiazole rings is 1. The lowest BCUT2D eigenvalue weighted by molar-refractivity contribution is -0.135. The second kappa shape index (κ2) is 10.0. The predicted molar refractivity (Wildman–Crippen MR) is 126 cm³/mol. The summed E-state index contributed by atoms with van der Waals surface area (Å²) in [6, 6.07) is 7.69. The number of carbonyl (C=O) groups excluding carboxylic acids is 2. The fourth-order valence-electron chi connectivity index (χ4n) is 4.67. The molecule has 0 N–H and O–H groups in total. The smallest absolute Gasteiger partial charge is 0.273 e. The van der Waals surface area contributed by atoms with Crippen molar-refractivity contribution in [2.75, 3.05) is 52.9 Å². The van der Waals surface area contributed by atoms with E-state index in [9.17, 15) is 9.59 Å². The molecular formula is C24H32N4O3S. The Morgan fingerprint density at radius 1 is 1.03 bits per heavy atom. The average Bonchev–Trinajstić information content (AvgIpc) is 3.29. The number of ether oxygens (including phenoxy) is 1. The van der Waals surface area contributed by atoms with E-state index in [1.54, 1.807) is 7.11 Å². The van der Waals surface area contributed by atoms with Crippen LogP contribution in [-0.2, 0) is 4.79 Å². The number of piperazine rings is 1. The number of nitrogens with zero attached hydrogens (tertiary/aromatic N) is 4. The van der Waals surface area contributed by atoms with Gasteiger partial charge in [0.25, 0.3) is 5.91 Å². The van der Waals surface area contributed by atoms with E-state index in [0.29, 0.717) is 50.3 Å². The average molecular weight is 457 g/mol. The monoisotopic (exact) mass is 456 g/mol. The van der Waals surface area contributed by atoms with Crippen LogP contribution in [-0.4, -0.2) is 84.4 Å². The van der Waals surface area contributed by atoms with Gasteiger partial charge in [0.1, 0.15) is 16.5 Å². The molecule has 1 aromatic heterocycles. The zero-order chi connectivity index (χ0) is 22.7. The number of likely N-dealkylation sites (tertiary alicyclic amines) is 1. The number of piperidine rings is 1. The number of rotatable bonds is 5. The number of aromatic nitrogens is 1. The van der Waals surface area contributed by atoms with E-state index >= 15 is 0 Å². The van der Waals surface area contributed by atoms with Gasteiger partial charge in [-0.3, -0.25) is 14.5 Å². The first-order valence-electron chi connectivity index (χ1n) is 11.3. The van der Waals surface area contributed by atoms with Crippen molar-refractivity contribution >= 4 is 23.2 Å². The highest BCUT2D eigenvalue weighted by Crippen LogP contribution is 2.26. The molecule has 172 valence electrons. The van der Waals surface area contributed by atoms with Crippen molar-refractivity contribution in [2.45, 2.75) is 20.3 Å². The molecule has 8 heteroatoms. The third-order valence-electron chi connectivity index (χ3n) is 6.30. The second-order valence-electron chi connectivity index (χ2n) is 9.08. The van der Waals surface area contributed by atoms with Gasteiger partial charge in [0.2, 0.25) is 5.91 Å². The Morgan fingerprint density at radius 3 is 2.31 bits per heavy atom. The molecule has 32 heavy (non-hydrogen) atoms. The van der Waals surface area contributed by atoms with E-state index in [1.807, 2.05) is 39.4 Å². The van der Waals surface area contributed by atoms with Crippen molar-refractivity contribution in [3.05, 3.63) is 35.3 Å². The molecule has 2 atom stereocenters. The Bertz CT molecular complexity index is 927. The van der Waals surface area contributed by atoms with Crippen LogP contribution in [0, 0.1) is 11.8 Å². The summed E-state index contributed by atoms with van der Waals surface area (Å²) in [5.74, 6) is 2.11. The number of hydrogen-bond acceptors (Lipinski definition) is 6. The van der Waals surface area contributed by atoms with Gasteiger partial charge in [-0.15, -0.1) is 11.3 Å². The maximum atomic E-state index is 12.9. The molecule has 7 nitrogen and oxygen atoms in total. The maximum absolute atomic E-state index is 12.9. The lowest BCUT2D eigenvalue weighted by Crippen LogP contribution is -2.53. The van der Waals surface area contributed by atoms with E-state index in [-0.39, 0.29) is 11.8 Å². The first-order valence-corrected chi connectivity index (χ1v) is 12.2. The van der Waals surface area contributed by atoms with Gasteiger partial charge in [0, 0.05) is 50.2 Å². The standard InChI is InChI=1S/C24H32N4O3S/c1-17-12-18(2)14-28(13-17)22(29)15-26-8-10-27(11-9-26)24(30)21-16-32-23(25-21)19-4-6-20(31-3)7-5-19/h4-7,16-18H,8-15H2,1-3H3. The van der Waals surface area contributed by atoms with Gasteiger partial charge < -0.3 is 14.5 Å². The van der Waals surface area contributed by atoms with Gasteiger partial charge in [-0.25, -0.2) is 4.98 Å². The minimum absolute atomic E-state index is 0.0364. The fourth-order valence-corrected chi connectivity index (χ4v) is 5.47. The molecule has 0 saturated carbocycles. The molecule has 0 radical (unpaired) electrons. The number of benzene rings is 1. The third-order valence-corrected chi connectivity index (χ3v) is 7.19. The molecule has 4 rings (SSSR count). The second-order valence-corrected chi connectivity index (χ2v) is 9.94. The highest BCUT2D eigenvalue weighted by Gasteiger charge is 2.29. The van der Waals surface area contributed by atoms with Gasteiger partial charge in [-0.1, -0.05) is 13.8 Å². The van der Waals surface area contributed by atoms with Crippen LogP contribution in [0.2, 0.25) is 0 Å². The van der Waals surface area contributed by atoms with Crippen molar-refractivity contribution in [1.82, 2.24) is 19.7 Å². The first kappa shape index (κ1) is 22.7. The van der Waals surface area contributed by atoms with Gasteiger partial charge in [0.15, 0.2) is 0 Å². The maximum Gasteiger partial charge on any atom is 0.273 e. The summed E-state index contributed by atoms with van der Waals surface area (Å²) < 4.78 is 5.20. The van der Waals surface area contributed by atoms with Crippen LogP contribution in [0.3, 0.4) is 0 Å². The van der Waals surface area contributed by atoms with E-state index in [4.69, 9.17) is 4.74 Å². The molecule has 2 aliphatic heterocycles. The van der Waals surface area contributed by atoms with Crippen molar-refractivity contribution in [3.63, 3.8) is 0 Å². The molecular weight excluding hydrogens is 424 g/mol. The molecule has 2 aromatic rings. The Labute approximate surface area is 194 Å². The van der Waals surface area contributed by atoms with Gasteiger partial charge in [-0.2, -0.15) is 0 Å². The van der Waals surface area contributed by atoms with Crippen LogP contribution >= 0.6 is 11.3 Å². The summed E-state index contributed by atoms with van der Waals surface area (Å²) in [6.07, 6.45) is 1.20. The fraction of sp³-hybridized carbons (Fsp3) is 0.542. The number of amides is 2. The van der Waals surface area contributed by atoms with Crippen molar-refractivity contribution in [3.8, 4) is 16.3 Å². The molecule has 3 heterocycles.